The number of hydrogen-bond acceptors (Lipinski definition) is 3. The average molecular weight is 132 g/mol. The SMILES string of the molecule is CC1CSCC(=O)O1. The first-order chi connectivity index (χ1) is 3.79. The maximum atomic E-state index is 10.4. The number of esters is 1. The van der Waals surface area contributed by atoms with Crippen LogP contribution in [0.2, 0.25) is 0 Å². The van der Waals surface area contributed by atoms with Crippen LogP contribution in [0.5, 0.6) is 0 Å². The maximum Gasteiger partial charge on any atom is 0.316 e. The summed E-state index contributed by atoms with van der Waals surface area (Å²) in [5, 5.41) is 0. The molecule has 0 spiro atoms. The predicted molar refractivity (Wildman–Crippen MR) is 32.9 cm³/mol. The van der Waals surface area contributed by atoms with E-state index in [2.05, 4.69) is 0 Å². The Morgan fingerprint density at radius 1 is 1.88 bits per heavy atom. The van der Waals surface area contributed by atoms with Gasteiger partial charge in [-0.1, -0.05) is 0 Å². The molecule has 0 N–H and O–H groups in total. The Labute approximate surface area is 52.6 Å². The summed E-state index contributed by atoms with van der Waals surface area (Å²) in [6.45, 7) is 1.91. The van der Waals surface area contributed by atoms with Gasteiger partial charge >= 0.3 is 5.97 Å². The molecule has 1 aliphatic heterocycles. The molecular weight excluding hydrogens is 124 g/mol. The Balaban J connectivity index is 2.34. The van der Waals surface area contributed by atoms with Crippen molar-refractivity contribution in [1.29, 1.82) is 0 Å². The highest BCUT2D eigenvalue weighted by atomic mass is 32.2. The fourth-order valence-corrected chi connectivity index (χ4v) is 1.35. The third-order valence-corrected chi connectivity index (χ3v) is 2.05. The van der Waals surface area contributed by atoms with Crippen molar-refractivity contribution in [2.45, 2.75) is 13.0 Å². The zero-order valence-corrected chi connectivity index (χ0v) is 5.53. The van der Waals surface area contributed by atoms with E-state index < -0.39 is 0 Å². The van der Waals surface area contributed by atoms with Crippen LogP contribution < -0.4 is 0 Å². The molecule has 1 rings (SSSR count). The lowest BCUT2D eigenvalue weighted by Crippen LogP contribution is -2.24. The van der Waals surface area contributed by atoms with E-state index in [1.165, 1.54) is 0 Å². The molecule has 1 saturated heterocycles. The second kappa shape index (κ2) is 2.40. The lowest BCUT2D eigenvalue weighted by Gasteiger charge is -2.16. The smallest absolute Gasteiger partial charge is 0.316 e. The van der Waals surface area contributed by atoms with Gasteiger partial charge in [0.05, 0.1) is 5.75 Å². The molecule has 1 aliphatic rings. The van der Waals surface area contributed by atoms with Crippen LogP contribution in [0.25, 0.3) is 0 Å². The summed E-state index contributed by atoms with van der Waals surface area (Å²) in [6, 6.07) is 0. The van der Waals surface area contributed by atoms with E-state index in [0.29, 0.717) is 5.75 Å². The van der Waals surface area contributed by atoms with Crippen LogP contribution in [-0.2, 0) is 9.53 Å². The number of rotatable bonds is 0. The molecule has 1 fully saturated rings. The Morgan fingerprint density at radius 3 is 3.00 bits per heavy atom. The largest absolute Gasteiger partial charge is 0.461 e. The van der Waals surface area contributed by atoms with Gasteiger partial charge in [-0.3, -0.25) is 4.79 Å². The third kappa shape index (κ3) is 1.40. The molecule has 46 valence electrons. The number of hydrogen-bond donors (Lipinski definition) is 0. The molecule has 0 bridgehead atoms. The number of carbonyl (C=O) groups excluding carboxylic acids is 1. The van der Waals surface area contributed by atoms with Crippen molar-refractivity contribution in [3.63, 3.8) is 0 Å². The number of cyclic esters (lactones) is 1. The van der Waals surface area contributed by atoms with Crippen LogP contribution in [-0.4, -0.2) is 23.6 Å². The molecule has 0 amide bonds. The maximum absolute atomic E-state index is 10.4. The average Bonchev–Trinajstić information content (AvgIpc) is 1.64. The van der Waals surface area contributed by atoms with E-state index in [0.717, 1.165) is 5.75 Å². The Hall–Kier alpha value is -0.180. The molecule has 1 atom stereocenters. The van der Waals surface area contributed by atoms with E-state index in [4.69, 9.17) is 4.74 Å². The molecule has 3 heteroatoms. The minimum Gasteiger partial charge on any atom is -0.461 e. The molecule has 8 heavy (non-hydrogen) atoms. The second-order valence-corrected chi connectivity index (χ2v) is 2.85. The van der Waals surface area contributed by atoms with Gasteiger partial charge in [-0.15, -0.1) is 11.8 Å². The van der Waals surface area contributed by atoms with Crippen LogP contribution in [0, 0.1) is 0 Å². The summed E-state index contributed by atoms with van der Waals surface area (Å²) in [4.78, 5) is 10.4. The Bertz CT molecular complexity index is 103. The third-order valence-electron chi connectivity index (χ3n) is 0.905. The van der Waals surface area contributed by atoms with Crippen LogP contribution in [0.3, 0.4) is 0 Å². The van der Waals surface area contributed by atoms with Crippen molar-refractivity contribution >= 4 is 17.7 Å². The summed E-state index contributed by atoms with van der Waals surface area (Å²) in [6.07, 6.45) is 0.126. The fourth-order valence-electron chi connectivity index (χ4n) is 0.601. The van der Waals surface area contributed by atoms with Gasteiger partial charge in [0.1, 0.15) is 6.10 Å². The van der Waals surface area contributed by atoms with Crippen molar-refractivity contribution < 1.29 is 9.53 Å². The minimum absolute atomic E-state index is 0.0752. The van der Waals surface area contributed by atoms with Crippen LogP contribution in [0.15, 0.2) is 0 Å². The summed E-state index contributed by atoms with van der Waals surface area (Å²) < 4.78 is 4.83. The van der Waals surface area contributed by atoms with Crippen LogP contribution in [0.1, 0.15) is 6.92 Å². The second-order valence-electron chi connectivity index (χ2n) is 1.82. The van der Waals surface area contributed by atoms with E-state index >= 15 is 0 Å². The quantitative estimate of drug-likeness (QED) is 0.453. The molecule has 0 radical (unpaired) electrons. The highest BCUT2D eigenvalue weighted by Gasteiger charge is 2.15. The fraction of sp³-hybridized carbons (Fsp3) is 0.800. The summed E-state index contributed by atoms with van der Waals surface area (Å²) in [7, 11) is 0. The molecule has 1 heterocycles. The lowest BCUT2D eigenvalue weighted by atomic mass is 10.5. The van der Waals surface area contributed by atoms with Gasteiger partial charge in [0.2, 0.25) is 0 Å². The molecule has 0 aromatic carbocycles. The Morgan fingerprint density at radius 2 is 2.62 bits per heavy atom. The highest BCUT2D eigenvalue weighted by molar-refractivity contribution is 8.00. The normalized spacial score (nSPS) is 29.6. The van der Waals surface area contributed by atoms with E-state index in [-0.39, 0.29) is 12.1 Å². The zero-order chi connectivity index (χ0) is 5.98. The van der Waals surface area contributed by atoms with Gasteiger partial charge in [-0.05, 0) is 6.92 Å². The number of ether oxygens (including phenoxy) is 1. The van der Waals surface area contributed by atoms with Crippen molar-refractivity contribution in [3.05, 3.63) is 0 Å². The lowest BCUT2D eigenvalue weighted by molar-refractivity contribution is -0.144. The van der Waals surface area contributed by atoms with Crippen molar-refractivity contribution in [3.8, 4) is 0 Å². The topological polar surface area (TPSA) is 26.3 Å². The number of thioether (sulfide) groups is 1. The summed E-state index contributed by atoms with van der Waals surface area (Å²) in [5.74, 6) is 1.41. The Kier molecular flexibility index (Phi) is 1.78. The zero-order valence-electron chi connectivity index (χ0n) is 4.72. The van der Waals surface area contributed by atoms with Gasteiger partial charge < -0.3 is 4.74 Å². The molecule has 0 aliphatic carbocycles. The molecule has 0 aromatic heterocycles. The summed E-state index contributed by atoms with van der Waals surface area (Å²) >= 11 is 1.64. The van der Waals surface area contributed by atoms with Crippen LogP contribution >= 0.6 is 11.8 Å². The van der Waals surface area contributed by atoms with Gasteiger partial charge in [0.25, 0.3) is 0 Å². The molecular formula is C5H8O2S. The van der Waals surface area contributed by atoms with Crippen molar-refractivity contribution in [2.24, 2.45) is 0 Å². The first-order valence-electron chi connectivity index (χ1n) is 2.56. The minimum atomic E-state index is -0.0752. The summed E-state index contributed by atoms with van der Waals surface area (Å²) in [5.41, 5.74) is 0. The molecule has 0 aromatic rings. The van der Waals surface area contributed by atoms with E-state index in [9.17, 15) is 4.79 Å². The monoisotopic (exact) mass is 132 g/mol. The molecule has 0 saturated carbocycles. The molecule has 2 nitrogen and oxygen atoms in total. The van der Waals surface area contributed by atoms with Crippen molar-refractivity contribution in [1.82, 2.24) is 0 Å². The van der Waals surface area contributed by atoms with Gasteiger partial charge in [-0.25, -0.2) is 0 Å². The molecule has 1 unspecified atom stereocenters. The van der Waals surface area contributed by atoms with Gasteiger partial charge in [0, 0.05) is 5.75 Å². The standard InChI is InChI=1S/C5H8O2S/c1-4-2-8-3-5(6)7-4/h4H,2-3H2,1H3. The first-order valence-corrected chi connectivity index (χ1v) is 3.72. The number of carbonyl (C=O) groups is 1. The van der Waals surface area contributed by atoms with Gasteiger partial charge in [0.15, 0.2) is 0 Å². The van der Waals surface area contributed by atoms with Gasteiger partial charge in [-0.2, -0.15) is 0 Å². The van der Waals surface area contributed by atoms with E-state index in [1.54, 1.807) is 11.8 Å². The predicted octanol–water partition coefficient (Wildman–Crippen LogP) is 0.665. The first kappa shape index (κ1) is 5.95. The van der Waals surface area contributed by atoms with E-state index in [1.807, 2.05) is 6.92 Å². The van der Waals surface area contributed by atoms with Crippen molar-refractivity contribution in [2.75, 3.05) is 11.5 Å². The van der Waals surface area contributed by atoms with Crippen LogP contribution in [0.4, 0.5) is 0 Å². The highest BCUT2D eigenvalue weighted by Crippen LogP contribution is 2.12.